The fraction of sp³-hybridized carbons (Fsp3) is 0.0870. The van der Waals surface area contributed by atoms with Crippen molar-refractivity contribution in [1.29, 1.82) is 0 Å². The zero-order chi connectivity index (χ0) is 23.2. The number of furan rings is 1. The van der Waals surface area contributed by atoms with Crippen molar-refractivity contribution in [2.45, 2.75) is 12.7 Å². The van der Waals surface area contributed by atoms with E-state index in [9.17, 15) is 22.8 Å². The number of rotatable bonds is 4. The maximum atomic E-state index is 13.5. The molecule has 0 aliphatic rings. The molecule has 5 aromatic rings. The number of alkyl halides is 3. The van der Waals surface area contributed by atoms with Crippen molar-refractivity contribution in [3.63, 3.8) is 0 Å². The molecule has 0 aliphatic heterocycles. The first-order valence-corrected chi connectivity index (χ1v) is 10.5. The molecule has 0 fully saturated rings. The van der Waals surface area contributed by atoms with Crippen molar-refractivity contribution in [2.24, 2.45) is 0 Å². The number of hydrogen-bond donors (Lipinski definition) is 0. The Morgan fingerprint density at radius 2 is 1.88 bits per heavy atom. The Balaban J connectivity index is 1.65. The number of halogens is 3. The van der Waals surface area contributed by atoms with E-state index in [2.05, 4.69) is 4.98 Å². The van der Waals surface area contributed by atoms with Gasteiger partial charge in [0.2, 0.25) is 0 Å². The fourth-order valence-electron chi connectivity index (χ4n) is 3.42. The number of hydrogen-bond acceptors (Lipinski definition) is 6. The highest BCUT2D eigenvalue weighted by molar-refractivity contribution is 7.22. The van der Waals surface area contributed by atoms with Crippen LogP contribution in [0.4, 0.5) is 18.3 Å². The molecule has 3 heterocycles. The first kappa shape index (κ1) is 21.0. The molecule has 0 N–H and O–H groups in total. The molecule has 33 heavy (non-hydrogen) atoms. The Hall–Kier alpha value is -3.92. The molecule has 0 bridgehead atoms. The van der Waals surface area contributed by atoms with Gasteiger partial charge in [-0.05, 0) is 36.4 Å². The van der Waals surface area contributed by atoms with Crippen molar-refractivity contribution in [2.75, 3.05) is 4.90 Å². The quantitative estimate of drug-likeness (QED) is 0.308. The SMILES string of the molecule is O=C(c1cc2ccccc2oc1=O)N(Cc1ccco1)c1nc2c(C(F)(F)F)cccc2s1. The molecule has 0 aliphatic carbocycles. The smallest absolute Gasteiger partial charge is 0.418 e. The molecule has 6 nitrogen and oxygen atoms in total. The standard InChI is InChI=1S/C23H13F3N2O4S/c24-23(25,26)16-7-3-9-18-19(16)27-22(33-18)28(12-14-6-4-10-31-14)20(29)15-11-13-5-1-2-8-17(13)32-21(15)30/h1-11H,12H2. The second-order valence-electron chi connectivity index (χ2n) is 7.10. The zero-order valence-electron chi connectivity index (χ0n) is 16.6. The number of nitrogens with zero attached hydrogens (tertiary/aromatic N) is 2. The summed E-state index contributed by atoms with van der Waals surface area (Å²) < 4.78 is 51.3. The highest BCUT2D eigenvalue weighted by Crippen LogP contribution is 2.39. The van der Waals surface area contributed by atoms with E-state index in [1.54, 1.807) is 36.4 Å². The number of aromatic nitrogens is 1. The molecule has 10 heteroatoms. The van der Waals surface area contributed by atoms with Gasteiger partial charge in [0.1, 0.15) is 16.9 Å². The third-order valence-electron chi connectivity index (χ3n) is 4.96. The molecule has 2 aromatic carbocycles. The molecule has 1 amide bonds. The van der Waals surface area contributed by atoms with Crippen molar-refractivity contribution in [1.82, 2.24) is 4.98 Å². The lowest BCUT2D eigenvalue weighted by Crippen LogP contribution is -2.33. The van der Waals surface area contributed by atoms with Crippen LogP contribution in [0.5, 0.6) is 0 Å². The summed E-state index contributed by atoms with van der Waals surface area (Å²) in [5, 5.41) is 0.526. The van der Waals surface area contributed by atoms with E-state index in [0.717, 1.165) is 22.3 Å². The normalized spacial score (nSPS) is 11.8. The summed E-state index contributed by atoms with van der Waals surface area (Å²) >= 11 is 0.910. The number of anilines is 1. The number of benzene rings is 2. The predicted molar refractivity (Wildman–Crippen MR) is 116 cm³/mol. The zero-order valence-corrected chi connectivity index (χ0v) is 17.4. The van der Waals surface area contributed by atoms with E-state index < -0.39 is 23.3 Å². The van der Waals surface area contributed by atoms with E-state index in [1.807, 2.05) is 0 Å². The minimum Gasteiger partial charge on any atom is -0.467 e. The lowest BCUT2D eigenvalue weighted by Gasteiger charge is -2.18. The van der Waals surface area contributed by atoms with Crippen LogP contribution in [0.2, 0.25) is 0 Å². The Labute approximate surface area is 187 Å². The topological polar surface area (TPSA) is 76.6 Å². The molecule has 0 saturated carbocycles. The van der Waals surface area contributed by atoms with Crippen molar-refractivity contribution in [3.8, 4) is 0 Å². The predicted octanol–water partition coefficient (Wildman–Crippen LogP) is 5.86. The van der Waals surface area contributed by atoms with E-state index in [1.165, 1.54) is 24.5 Å². The number of carbonyl (C=O) groups excluding carboxylic acids is 1. The summed E-state index contributed by atoms with van der Waals surface area (Å²) in [6.07, 6.45) is -3.21. The second kappa shape index (κ2) is 7.89. The Bertz CT molecular complexity index is 1540. The Morgan fingerprint density at radius 3 is 2.64 bits per heavy atom. The van der Waals surface area contributed by atoms with Crippen LogP contribution in [0.25, 0.3) is 21.2 Å². The maximum absolute atomic E-state index is 13.5. The van der Waals surface area contributed by atoms with Crippen LogP contribution in [0.3, 0.4) is 0 Å². The summed E-state index contributed by atoms with van der Waals surface area (Å²) in [4.78, 5) is 31.3. The number of para-hydroxylation sites is 2. The Morgan fingerprint density at radius 1 is 1.06 bits per heavy atom. The Kier molecular flexibility index (Phi) is 5.01. The van der Waals surface area contributed by atoms with Crippen LogP contribution in [0.15, 0.2) is 80.6 Å². The first-order chi connectivity index (χ1) is 15.8. The molecule has 0 radical (unpaired) electrons. The van der Waals surface area contributed by atoms with E-state index in [0.29, 0.717) is 16.7 Å². The summed E-state index contributed by atoms with van der Waals surface area (Å²) in [7, 11) is 0. The van der Waals surface area contributed by atoms with E-state index in [4.69, 9.17) is 8.83 Å². The summed E-state index contributed by atoms with van der Waals surface area (Å²) in [5.41, 5.74) is -1.99. The van der Waals surface area contributed by atoms with Crippen LogP contribution >= 0.6 is 11.3 Å². The average Bonchev–Trinajstić information content (AvgIpc) is 3.45. The third kappa shape index (κ3) is 3.89. The first-order valence-electron chi connectivity index (χ1n) is 9.65. The van der Waals surface area contributed by atoms with Gasteiger partial charge in [-0.3, -0.25) is 9.69 Å². The van der Waals surface area contributed by atoms with Crippen LogP contribution in [-0.4, -0.2) is 10.9 Å². The molecule has 0 spiro atoms. The van der Waals surface area contributed by atoms with Gasteiger partial charge in [0, 0.05) is 5.39 Å². The highest BCUT2D eigenvalue weighted by atomic mass is 32.1. The molecule has 5 rings (SSSR count). The minimum atomic E-state index is -4.61. The minimum absolute atomic E-state index is 0.00402. The van der Waals surface area contributed by atoms with Gasteiger partial charge in [-0.2, -0.15) is 13.2 Å². The van der Waals surface area contributed by atoms with E-state index >= 15 is 0 Å². The van der Waals surface area contributed by atoms with Gasteiger partial charge in [-0.1, -0.05) is 35.6 Å². The van der Waals surface area contributed by atoms with Crippen LogP contribution < -0.4 is 10.5 Å². The number of carbonyl (C=O) groups is 1. The molecular weight excluding hydrogens is 457 g/mol. The van der Waals surface area contributed by atoms with Crippen molar-refractivity contribution < 1.29 is 26.8 Å². The summed E-state index contributed by atoms with van der Waals surface area (Å²) in [6.45, 7) is -0.140. The summed E-state index contributed by atoms with van der Waals surface area (Å²) in [6, 6.07) is 15.0. The number of fused-ring (bicyclic) bond motifs is 2. The van der Waals surface area contributed by atoms with Gasteiger partial charge in [0.25, 0.3) is 5.91 Å². The van der Waals surface area contributed by atoms with Crippen LogP contribution in [-0.2, 0) is 12.7 Å². The summed E-state index contributed by atoms with van der Waals surface area (Å²) in [5.74, 6) is -0.401. The molecule has 3 aromatic heterocycles. The van der Waals surface area contributed by atoms with Crippen LogP contribution in [0, 0.1) is 0 Å². The fourth-order valence-corrected chi connectivity index (χ4v) is 4.41. The molecule has 0 saturated heterocycles. The molecular formula is C23H13F3N2O4S. The molecule has 0 unspecified atom stereocenters. The van der Waals surface area contributed by atoms with Gasteiger partial charge in [0.15, 0.2) is 5.13 Å². The average molecular weight is 470 g/mol. The van der Waals surface area contributed by atoms with Gasteiger partial charge in [-0.15, -0.1) is 0 Å². The number of amides is 1. The molecule has 166 valence electrons. The lowest BCUT2D eigenvalue weighted by atomic mass is 10.1. The largest absolute Gasteiger partial charge is 0.467 e. The highest BCUT2D eigenvalue weighted by Gasteiger charge is 2.35. The van der Waals surface area contributed by atoms with Gasteiger partial charge >= 0.3 is 11.8 Å². The molecule has 0 atom stereocenters. The van der Waals surface area contributed by atoms with Crippen molar-refractivity contribution >= 4 is 43.6 Å². The van der Waals surface area contributed by atoms with Crippen LogP contribution in [0.1, 0.15) is 21.7 Å². The van der Waals surface area contributed by atoms with Gasteiger partial charge in [-0.25, -0.2) is 9.78 Å². The third-order valence-corrected chi connectivity index (χ3v) is 6.00. The van der Waals surface area contributed by atoms with Gasteiger partial charge < -0.3 is 8.83 Å². The lowest BCUT2D eigenvalue weighted by molar-refractivity contribution is -0.136. The number of thiazole rings is 1. The monoisotopic (exact) mass is 470 g/mol. The van der Waals surface area contributed by atoms with Gasteiger partial charge in [0.05, 0.1) is 28.6 Å². The maximum Gasteiger partial charge on any atom is 0.418 e. The van der Waals surface area contributed by atoms with E-state index in [-0.39, 0.29) is 27.5 Å². The second-order valence-corrected chi connectivity index (χ2v) is 8.11. The van der Waals surface area contributed by atoms with Crippen molar-refractivity contribution in [3.05, 3.63) is 94.2 Å².